The molecule has 0 saturated heterocycles. The summed E-state index contributed by atoms with van der Waals surface area (Å²) < 4.78 is 25.8. The lowest BCUT2D eigenvalue weighted by atomic mass is 10.1. The first kappa shape index (κ1) is 10.9. The van der Waals surface area contributed by atoms with Crippen LogP contribution in [0.4, 0.5) is 8.78 Å². The zero-order chi connectivity index (χ0) is 10.7. The molecule has 1 N–H and O–H groups in total. The van der Waals surface area contributed by atoms with Crippen LogP contribution in [0.5, 0.6) is 0 Å². The Morgan fingerprint density at radius 3 is 2.64 bits per heavy atom. The fraction of sp³-hybridized carbons (Fsp3) is 0.222. The number of halogens is 3. The molecular formula is C9H7ClF2O2. The van der Waals surface area contributed by atoms with Gasteiger partial charge in [0, 0.05) is 6.42 Å². The number of carbonyl (C=O) groups is 1. The Bertz CT molecular complexity index is 366. The maximum absolute atomic E-state index is 13.1. The van der Waals surface area contributed by atoms with Crippen molar-refractivity contribution in [3.05, 3.63) is 34.4 Å². The van der Waals surface area contributed by atoms with Crippen LogP contribution in [0.2, 0.25) is 5.02 Å². The van der Waals surface area contributed by atoms with E-state index in [2.05, 4.69) is 0 Å². The lowest BCUT2D eigenvalue weighted by Gasteiger charge is -2.03. The van der Waals surface area contributed by atoms with Gasteiger partial charge < -0.3 is 5.11 Å². The molecule has 1 aromatic carbocycles. The number of aryl methyl sites for hydroxylation is 1. The van der Waals surface area contributed by atoms with E-state index >= 15 is 0 Å². The van der Waals surface area contributed by atoms with E-state index < -0.39 is 22.6 Å². The number of hydrogen-bond acceptors (Lipinski definition) is 1. The highest BCUT2D eigenvalue weighted by Crippen LogP contribution is 2.22. The van der Waals surface area contributed by atoms with Gasteiger partial charge in [0.25, 0.3) is 0 Å². The van der Waals surface area contributed by atoms with Crippen molar-refractivity contribution in [3.63, 3.8) is 0 Å². The van der Waals surface area contributed by atoms with E-state index in [9.17, 15) is 13.6 Å². The lowest BCUT2D eigenvalue weighted by Crippen LogP contribution is -2.00. The van der Waals surface area contributed by atoms with Gasteiger partial charge in [0.2, 0.25) is 0 Å². The average Bonchev–Trinajstić information content (AvgIpc) is 2.13. The van der Waals surface area contributed by atoms with E-state index in [1.165, 1.54) is 6.07 Å². The first-order valence-corrected chi connectivity index (χ1v) is 4.24. The smallest absolute Gasteiger partial charge is 0.303 e. The molecule has 2 nitrogen and oxygen atoms in total. The predicted molar refractivity (Wildman–Crippen MR) is 47.3 cm³/mol. The molecule has 0 bridgehead atoms. The minimum atomic E-state index is -1.04. The van der Waals surface area contributed by atoms with Gasteiger partial charge in [-0.1, -0.05) is 17.7 Å². The molecule has 14 heavy (non-hydrogen) atoms. The molecule has 0 amide bonds. The minimum absolute atomic E-state index is 0.00116. The van der Waals surface area contributed by atoms with Crippen molar-refractivity contribution in [2.75, 3.05) is 0 Å². The average molecular weight is 221 g/mol. The Hall–Kier alpha value is -1.16. The first-order chi connectivity index (χ1) is 6.52. The van der Waals surface area contributed by atoms with Crippen LogP contribution < -0.4 is 0 Å². The summed E-state index contributed by atoms with van der Waals surface area (Å²) in [5.41, 5.74) is 0.110. The molecule has 0 radical (unpaired) electrons. The van der Waals surface area contributed by atoms with Crippen LogP contribution in [-0.2, 0) is 11.2 Å². The van der Waals surface area contributed by atoms with E-state index in [-0.39, 0.29) is 18.4 Å². The highest BCUT2D eigenvalue weighted by atomic mass is 35.5. The van der Waals surface area contributed by atoms with E-state index in [1.807, 2.05) is 0 Å². The third-order valence-corrected chi connectivity index (χ3v) is 2.07. The van der Waals surface area contributed by atoms with Crippen molar-refractivity contribution in [1.82, 2.24) is 0 Å². The molecule has 0 atom stereocenters. The Kier molecular flexibility index (Phi) is 3.41. The van der Waals surface area contributed by atoms with Crippen LogP contribution in [0, 0.1) is 11.6 Å². The van der Waals surface area contributed by atoms with Crippen LogP contribution in [0.1, 0.15) is 12.0 Å². The molecule has 5 heteroatoms. The molecule has 0 saturated carbocycles. The highest BCUT2D eigenvalue weighted by Gasteiger charge is 2.12. The zero-order valence-corrected chi connectivity index (χ0v) is 7.81. The van der Waals surface area contributed by atoms with Crippen molar-refractivity contribution in [2.24, 2.45) is 0 Å². The van der Waals surface area contributed by atoms with Crippen LogP contribution in [0.25, 0.3) is 0 Å². The Morgan fingerprint density at radius 2 is 2.07 bits per heavy atom. The molecule has 0 fully saturated rings. The highest BCUT2D eigenvalue weighted by molar-refractivity contribution is 6.30. The number of carboxylic acid groups (broad SMARTS) is 1. The van der Waals surface area contributed by atoms with E-state index in [1.54, 1.807) is 0 Å². The summed E-state index contributed by atoms with van der Waals surface area (Å²) in [7, 11) is 0. The molecule has 0 aliphatic carbocycles. The molecule has 0 spiro atoms. The van der Waals surface area contributed by atoms with Crippen molar-refractivity contribution >= 4 is 17.6 Å². The molecule has 0 aliphatic rings. The van der Waals surface area contributed by atoms with Crippen LogP contribution >= 0.6 is 11.6 Å². The van der Waals surface area contributed by atoms with Gasteiger partial charge in [0.05, 0.1) is 0 Å². The van der Waals surface area contributed by atoms with Crippen LogP contribution in [0.15, 0.2) is 12.1 Å². The lowest BCUT2D eigenvalue weighted by molar-refractivity contribution is -0.136. The summed E-state index contributed by atoms with van der Waals surface area (Å²) in [6.45, 7) is 0. The number of carboxylic acids is 1. The second-order valence-corrected chi connectivity index (χ2v) is 3.11. The minimum Gasteiger partial charge on any atom is -0.481 e. The quantitative estimate of drug-likeness (QED) is 0.795. The molecular weight excluding hydrogens is 214 g/mol. The van der Waals surface area contributed by atoms with Gasteiger partial charge in [-0.2, -0.15) is 0 Å². The van der Waals surface area contributed by atoms with Crippen molar-refractivity contribution in [2.45, 2.75) is 12.8 Å². The van der Waals surface area contributed by atoms with E-state index in [0.29, 0.717) is 0 Å². The molecule has 0 heterocycles. The van der Waals surface area contributed by atoms with Gasteiger partial charge in [-0.25, -0.2) is 8.78 Å². The first-order valence-electron chi connectivity index (χ1n) is 3.86. The topological polar surface area (TPSA) is 37.3 Å². The Labute approximate surface area is 84.1 Å². The normalized spacial score (nSPS) is 10.2. The standard InChI is InChI=1S/C9H7ClF2O2/c10-8-6(11)3-1-5(9(8)12)2-4-7(13)14/h1,3H,2,4H2,(H,13,14). The zero-order valence-electron chi connectivity index (χ0n) is 7.06. The largest absolute Gasteiger partial charge is 0.481 e. The van der Waals surface area contributed by atoms with Crippen molar-refractivity contribution < 1.29 is 18.7 Å². The second-order valence-electron chi connectivity index (χ2n) is 2.73. The van der Waals surface area contributed by atoms with Gasteiger partial charge in [0.1, 0.15) is 16.7 Å². The summed E-state index contributed by atoms with van der Waals surface area (Å²) in [6, 6.07) is 2.21. The van der Waals surface area contributed by atoms with Gasteiger partial charge in [0.15, 0.2) is 0 Å². The van der Waals surface area contributed by atoms with Gasteiger partial charge in [-0.05, 0) is 18.1 Å². The van der Waals surface area contributed by atoms with Gasteiger partial charge >= 0.3 is 5.97 Å². The molecule has 0 aliphatic heterocycles. The summed E-state index contributed by atoms with van der Waals surface area (Å²) in [6.07, 6.45) is -0.208. The number of aliphatic carboxylic acids is 1. The predicted octanol–water partition coefficient (Wildman–Crippen LogP) is 2.64. The monoisotopic (exact) mass is 220 g/mol. The summed E-state index contributed by atoms with van der Waals surface area (Å²) >= 11 is 5.30. The Morgan fingerprint density at radius 1 is 1.43 bits per heavy atom. The molecule has 76 valence electrons. The third kappa shape index (κ3) is 2.42. The second kappa shape index (κ2) is 4.37. The summed E-state index contributed by atoms with van der Waals surface area (Å²) in [5, 5.41) is 7.77. The fourth-order valence-corrected chi connectivity index (χ4v) is 1.18. The molecule has 0 aromatic heterocycles. The van der Waals surface area contributed by atoms with E-state index in [0.717, 1.165) is 6.07 Å². The third-order valence-electron chi connectivity index (χ3n) is 1.72. The van der Waals surface area contributed by atoms with E-state index in [4.69, 9.17) is 16.7 Å². The fourth-order valence-electron chi connectivity index (χ4n) is 1.00. The maximum Gasteiger partial charge on any atom is 0.303 e. The molecule has 0 unspecified atom stereocenters. The SMILES string of the molecule is O=C(O)CCc1ccc(F)c(Cl)c1F. The Balaban J connectivity index is 2.88. The van der Waals surface area contributed by atoms with Gasteiger partial charge in [-0.3, -0.25) is 4.79 Å². The van der Waals surface area contributed by atoms with Crippen LogP contribution in [-0.4, -0.2) is 11.1 Å². The molecule has 1 aromatic rings. The van der Waals surface area contributed by atoms with Crippen LogP contribution in [0.3, 0.4) is 0 Å². The summed E-state index contributed by atoms with van der Waals surface area (Å²) in [5.74, 6) is -2.76. The number of rotatable bonds is 3. The number of benzene rings is 1. The maximum atomic E-state index is 13.1. The van der Waals surface area contributed by atoms with Gasteiger partial charge in [-0.15, -0.1) is 0 Å². The van der Waals surface area contributed by atoms with Crippen molar-refractivity contribution in [1.29, 1.82) is 0 Å². The summed E-state index contributed by atoms with van der Waals surface area (Å²) in [4.78, 5) is 10.2. The molecule has 1 rings (SSSR count). The van der Waals surface area contributed by atoms with Crippen molar-refractivity contribution in [3.8, 4) is 0 Å². The number of hydrogen-bond donors (Lipinski definition) is 1.